The van der Waals surface area contributed by atoms with Gasteiger partial charge in [0.15, 0.2) is 0 Å². The fourth-order valence-corrected chi connectivity index (χ4v) is 0. The first-order chi connectivity index (χ1) is 3.00. The summed E-state index contributed by atoms with van der Waals surface area (Å²) in [5.41, 5.74) is 0. The van der Waals surface area contributed by atoms with Gasteiger partial charge in [0.1, 0.15) is 20.4 Å². The number of rotatable bonds is 0. The molecule has 0 saturated carbocycles. The quantitative estimate of drug-likeness (QED) is 0.473. The zero-order chi connectivity index (χ0) is 6.00. The maximum atomic E-state index is 8.00. The molecule has 7 heavy (non-hydrogen) atoms. The summed E-state index contributed by atoms with van der Waals surface area (Å²) in [6.45, 7) is 6.00. The van der Waals surface area contributed by atoms with Crippen LogP contribution in [0.5, 0.6) is 0 Å². The topological polar surface area (TPSA) is 51.2 Å². The van der Waals surface area contributed by atoms with E-state index < -0.39 is 0 Å². The molecule has 45 valence electrons. The Balaban J connectivity index is -0.00000000225. The second-order valence-corrected chi connectivity index (χ2v) is 0. The van der Waals surface area contributed by atoms with Gasteiger partial charge in [-0.15, -0.1) is 0 Å². The largest absolute Gasteiger partial charge is 3.00 e. The standard InChI is InChI=1S/3CH2O.Cr.3H/c3*1-2;;;;/h3*1H2;;;;/q;;;+3;3*-1. The molecule has 0 spiro atoms. The molecule has 0 amide bonds. The Labute approximate surface area is 57.3 Å². The second kappa shape index (κ2) is 546. The van der Waals surface area contributed by atoms with Gasteiger partial charge in [0.25, 0.3) is 0 Å². The minimum Gasteiger partial charge on any atom is -1.00 e. The van der Waals surface area contributed by atoms with Crippen LogP contribution in [-0.4, -0.2) is 20.4 Å². The molecule has 0 aromatic rings. The molecule has 0 aliphatic heterocycles. The van der Waals surface area contributed by atoms with E-state index in [0.717, 1.165) is 0 Å². The molecule has 0 heterocycles. The summed E-state index contributed by atoms with van der Waals surface area (Å²) in [5.74, 6) is 0. The van der Waals surface area contributed by atoms with Crippen LogP contribution in [0.15, 0.2) is 0 Å². The second-order valence-electron chi connectivity index (χ2n) is 0. The van der Waals surface area contributed by atoms with Crippen molar-refractivity contribution in [1.82, 2.24) is 0 Å². The SMILES string of the molecule is C=O.C=O.C=O.[Cr+3].[H-].[H-].[H-]. The van der Waals surface area contributed by atoms with Crippen molar-refractivity contribution < 1.29 is 36.0 Å². The Kier molecular flexibility index (Phi) is 2430. The van der Waals surface area contributed by atoms with E-state index in [9.17, 15) is 0 Å². The van der Waals surface area contributed by atoms with E-state index in [2.05, 4.69) is 0 Å². The van der Waals surface area contributed by atoms with Crippen molar-refractivity contribution in [1.29, 1.82) is 0 Å². The molecule has 4 heteroatoms. The normalized spacial score (nSPS) is 1.71. The molecule has 0 saturated heterocycles. The summed E-state index contributed by atoms with van der Waals surface area (Å²) < 4.78 is 0. The van der Waals surface area contributed by atoms with Gasteiger partial charge in [-0.2, -0.15) is 0 Å². The Morgan fingerprint density at radius 1 is 0.714 bits per heavy atom. The van der Waals surface area contributed by atoms with Gasteiger partial charge in [-0.25, -0.2) is 0 Å². The first-order valence-corrected chi connectivity index (χ1v) is 0.866. The Morgan fingerprint density at radius 3 is 0.714 bits per heavy atom. The van der Waals surface area contributed by atoms with Crippen LogP contribution in [0.1, 0.15) is 4.28 Å². The van der Waals surface area contributed by atoms with Gasteiger partial charge in [0.05, 0.1) is 0 Å². The van der Waals surface area contributed by atoms with Crippen LogP contribution >= 0.6 is 0 Å². The first-order valence-electron chi connectivity index (χ1n) is 0.866. The van der Waals surface area contributed by atoms with Crippen molar-refractivity contribution in [3.05, 3.63) is 0 Å². The van der Waals surface area contributed by atoms with Gasteiger partial charge in [0, 0.05) is 0 Å². The molecule has 0 rings (SSSR count). The van der Waals surface area contributed by atoms with Crippen LogP contribution < -0.4 is 0 Å². The van der Waals surface area contributed by atoms with Crippen molar-refractivity contribution in [2.45, 2.75) is 0 Å². The minimum atomic E-state index is 0. The smallest absolute Gasteiger partial charge is 1.00 e. The first kappa shape index (κ1) is 31.1. The number of hydrogen-bond donors (Lipinski definition) is 0. The maximum absolute atomic E-state index is 8.00. The molecule has 0 fully saturated rings. The van der Waals surface area contributed by atoms with E-state index in [1.807, 2.05) is 20.4 Å². The van der Waals surface area contributed by atoms with Crippen molar-refractivity contribution in [2.75, 3.05) is 0 Å². The summed E-state index contributed by atoms with van der Waals surface area (Å²) in [5, 5.41) is 0. The summed E-state index contributed by atoms with van der Waals surface area (Å²) in [6, 6.07) is 0. The van der Waals surface area contributed by atoms with Crippen molar-refractivity contribution in [3.63, 3.8) is 0 Å². The number of carbonyl (C=O) groups is 3. The molecule has 0 aliphatic carbocycles. The van der Waals surface area contributed by atoms with Gasteiger partial charge in [-0.3, -0.25) is 0 Å². The van der Waals surface area contributed by atoms with Gasteiger partial charge in [0.2, 0.25) is 0 Å². The Bertz CT molecular complexity index is 23.7. The Hall–Kier alpha value is -0.458. The summed E-state index contributed by atoms with van der Waals surface area (Å²) in [7, 11) is 0. The maximum Gasteiger partial charge on any atom is 3.00 e. The monoisotopic (exact) mass is 145 g/mol. The summed E-state index contributed by atoms with van der Waals surface area (Å²) >= 11 is 0. The molecule has 0 aromatic carbocycles. The van der Waals surface area contributed by atoms with Crippen LogP contribution in [0, 0.1) is 0 Å². The predicted octanol–water partition coefficient (Wildman–Crippen LogP) is -0.220. The molecule has 0 N–H and O–H groups in total. The molecular formula is C3H9CrO3. The van der Waals surface area contributed by atoms with Crippen molar-refractivity contribution in [2.24, 2.45) is 0 Å². The predicted molar refractivity (Wildman–Crippen MR) is 24.7 cm³/mol. The zero-order valence-electron chi connectivity index (χ0n) is 6.75. The molecule has 0 aliphatic rings. The van der Waals surface area contributed by atoms with Crippen LogP contribution in [0.25, 0.3) is 0 Å². The van der Waals surface area contributed by atoms with Crippen molar-refractivity contribution >= 4 is 20.4 Å². The zero-order valence-corrected chi connectivity index (χ0v) is 5.03. The van der Waals surface area contributed by atoms with Crippen LogP contribution in [0.2, 0.25) is 0 Å². The van der Waals surface area contributed by atoms with E-state index in [1.165, 1.54) is 0 Å². The summed E-state index contributed by atoms with van der Waals surface area (Å²) in [6.07, 6.45) is 0. The van der Waals surface area contributed by atoms with Crippen LogP contribution in [-0.2, 0) is 31.7 Å². The van der Waals surface area contributed by atoms with E-state index in [4.69, 9.17) is 14.4 Å². The summed E-state index contributed by atoms with van der Waals surface area (Å²) in [4.78, 5) is 24.0. The number of carbonyl (C=O) groups excluding carboxylic acids is 3. The Morgan fingerprint density at radius 2 is 0.714 bits per heavy atom. The van der Waals surface area contributed by atoms with Crippen molar-refractivity contribution in [3.8, 4) is 0 Å². The molecular weight excluding hydrogens is 136 g/mol. The fourth-order valence-electron chi connectivity index (χ4n) is 0. The van der Waals surface area contributed by atoms with Gasteiger partial charge < -0.3 is 18.7 Å². The molecule has 0 atom stereocenters. The van der Waals surface area contributed by atoms with E-state index in [-0.39, 0.29) is 21.6 Å². The minimum absolute atomic E-state index is 0. The fraction of sp³-hybridized carbons (Fsp3) is 0. The third-order valence-corrected chi connectivity index (χ3v) is 0. The average Bonchev–Trinajstić information content (AvgIpc) is 1.81. The van der Waals surface area contributed by atoms with Crippen LogP contribution in [0.3, 0.4) is 0 Å². The van der Waals surface area contributed by atoms with Gasteiger partial charge in [-0.05, 0) is 0 Å². The average molecular weight is 145 g/mol. The van der Waals surface area contributed by atoms with E-state index in [0.29, 0.717) is 0 Å². The molecule has 0 unspecified atom stereocenters. The molecule has 1 radical (unpaired) electrons. The van der Waals surface area contributed by atoms with Crippen LogP contribution in [0.4, 0.5) is 0 Å². The van der Waals surface area contributed by atoms with Gasteiger partial charge in [-0.1, -0.05) is 0 Å². The third kappa shape index (κ3) is 332. The molecule has 0 aromatic heterocycles. The molecule has 3 nitrogen and oxygen atoms in total. The van der Waals surface area contributed by atoms with E-state index in [1.54, 1.807) is 0 Å². The third-order valence-electron chi connectivity index (χ3n) is 0. The molecule has 0 bridgehead atoms. The van der Waals surface area contributed by atoms with Gasteiger partial charge >= 0.3 is 17.4 Å². The number of hydrogen-bond acceptors (Lipinski definition) is 3. The van der Waals surface area contributed by atoms with E-state index >= 15 is 0 Å².